The van der Waals surface area contributed by atoms with Crippen LogP contribution in [0.5, 0.6) is 0 Å². The number of nitrogens with zero attached hydrogens (tertiary/aromatic N) is 1. The van der Waals surface area contributed by atoms with Crippen LogP contribution in [0.2, 0.25) is 0 Å². The lowest BCUT2D eigenvalue weighted by Crippen LogP contribution is -2.15. The van der Waals surface area contributed by atoms with Crippen LogP contribution in [0.25, 0.3) is 22.3 Å². The molecule has 0 amide bonds. The molecular formula is C21H20BrNO. The first kappa shape index (κ1) is 15.6. The quantitative estimate of drug-likeness (QED) is 0.526. The van der Waals surface area contributed by atoms with Crippen molar-refractivity contribution in [2.24, 2.45) is 4.99 Å². The fourth-order valence-electron chi connectivity index (χ4n) is 3.40. The second kappa shape index (κ2) is 6.94. The molecule has 1 aromatic heterocycles. The molecule has 1 fully saturated rings. The van der Waals surface area contributed by atoms with Crippen LogP contribution in [0.1, 0.15) is 32.1 Å². The third kappa shape index (κ3) is 3.32. The van der Waals surface area contributed by atoms with Crippen molar-refractivity contribution >= 4 is 26.9 Å². The molecule has 2 nitrogen and oxygen atoms in total. The largest absolute Gasteiger partial charge is 0.456 e. The van der Waals surface area contributed by atoms with E-state index in [1.165, 1.54) is 32.1 Å². The van der Waals surface area contributed by atoms with Gasteiger partial charge in [-0.1, -0.05) is 65.5 Å². The van der Waals surface area contributed by atoms with Gasteiger partial charge in [0, 0.05) is 21.5 Å². The molecule has 0 aliphatic heterocycles. The Balaban J connectivity index is 1.91. The van der Waals surface area contributed by atoms with E-state index < -0.39 is 0 Å². The maximum absolute atomic E-state index is 6.15. The van der Waals surface area contributed by atoms with Crippen molar-refractivity contribution in [1.82, 2.24) is 0 Å². The van der Waals surface area contributed by atoms with Gasteiger partial charge < -0.3 is 4.42 Å². The summed E-state index contributed by atoms with van der Waals surface area (Å²) >= 11 is 3.57. The van der Waals surface area contributed by atoms with Crippen LogP contribution in [0, 0.1) is 0 Å². The van der Waals surface area contributed by atoms with E-state index in [1.807, 2.05) is 30.3 Å². The Morgan fingerprint density at radius 1 is 0.917 bits per heavy atom. The fraction of sp³-hybridized carbons (Fsp3) is 0.286. The van der Waals surface area contributed by atoms with Crippen LogP contribution >= 0.6 is 15.9 Å². The van der Waals surface area contributed by atoms with Gasteiger partial charge in [-0.05, 0) is 31.0 Å². The van der Waals surface area contributed by atoms with E-state index >= 15 is 0 Å². The highest BCUT2D eigenvalue weighted by Crippen LogP contribution is 2.25. The highest BCUT2D eigenvalue weighted by atomic mass is 79.9. The minimum Gasteiger partial charge on any atom is -0.456 e. The highest BCUT2D eigenvalue weighted by molar-refractivity contribution is 9.10. The predicted molar refractivity (Wildman–Crippen MR) is 102 cm³/mol. The maximum atomic E-state index is 6.15. The topological polar surface area (TPSA) is 25.5 Å². The van der Waals surface area contributed by atoms with Crippen LogP contribution in [0.3, 0.4) is 0 Å². The molecule has 4 rings (SSSR count). The first-order valence-corrected chi connectivity index (χ1v) is 9.41. The lowest BCUT2D eigenvalue weighted by molar-refractivity contribution is 0.437. The average molecular weight is 382 g/mol. The second-order valence-corrected chi connectivity index (χ2v) is 7.34. The van der Waals surface area contributed by atoms with Crippen LogP contribution in [-0.2, 0) is 0 Å². The summed E-state index contributed by atoms with van der Waals surface area (Å²) in [5.41, 5.74) is 1.97. The van der Waals surface area contributed by atoms with Crippen molar-refractivity contribution in [2.45, 2.75) is 38.1 Å². The Kier molecular flexibility index (Phi) is 4.52. The van der Waals surface area contributed by atoms with Crippen molar-refractivity contribution < 1.29 is 4.42 Å². The minimum atomic E-state index is 0.437. The number of hydrogen-bond donors (Lipinski definition) is 0. The zero-order valence-electron chi connectivity index (χ0n) is 13.5. The molecule has 1 saturated carbocycles. The molecule has 2 aromatic carbocycles. The van der Waals surface area contributed by atoms with Crippen LogP contribution in [0.15, 0.2) is 68.5 Å². The minimum absolute atomic E-state index is 0.437. The summed E-state index contributed by atoms with van der Waals surface area (Å²) in [6, 6.07) is 18.9. The van der Waals surface area contributed by atoms with Gasteiger partial charge in [0.1, 0.15) is 11.3 Å². The monoisotopic (exact) mass is 381 g/mol. The van der Waals surface area contributed by atoms with Gasteiger partial charge in [-0.2, -0.15) is 0 Å². The molecule has 122 valence electrons. The molecule has 0 atom stereocenters. The van der Waals surface area contributed by atoms with Gasteiger partial charge >= 0.3 is 0 Å². The molecule has 0 bridgehead atoms. The van der Waals surface area contributed by atoms with E-state index in [-0.39, 0.29) is 0 Å². The molecule has 0 spiro atoms. The van der Waals surface area contributed by atoms with Crippen molar-refractivity contribution in [3.8, 4) is 11.3 Å². The molecule has 0 saturated heterocycles. The molecule has 0 N–H and O–H groups in total. The summed E-state index contributed by atoms with van der Waals surface area (Å²) < 4.78 is 7.21. The maximum Gasteiger partial charge on any atom is 0.136 e. The fourth-order valence-corrected chi connectivity index (χ4v) is 3.76. The van der Waals surface area contributed by atoms with Crippen LogP contribution in [0.4, 0.5) is 0 Å². The predicted octanol–water partition coefficient (Wildman–Crippen LogP) is 6.10. The van der Waals surface area contributed by atoms with Crippen LogP contribution < -0.4 is 5.36 Å². The summed E-state index contributed by atoms with van der Waals surface area (Å²) in [6.45, 7) is 0. The Morgan fingerprint density at radius 2 is 1.71 bits per heavy atom. The summed E-state index contributed by atoms with van der Waals surface area (Å²) in [6.07, 6.45) is 6.32. The molecule has 1 aliphatic rings. The Hall–Kier alpha value is -1.87. The van der Waals surface area contributed by atoms with Gasteiger partial charge in [-0.25, -0.2) is 0 Å². The lowest BCUT2D eigenvalue weighted by Gasteiger charge is -2.17. The van der Waals surface area contributed by atoms with Gasteiger partial charge in [0.05, 0.1) is 11.4 Å². The summed E-state index contributed by atoms with van der Waals surface area (Å²) in [7, 11) is 0. The summed E-state index contributed by atoms with van der Waals surface area (Å²) in [5.74, 6) is 0.875. The summed E-state index contributed by atoms with van der Waals surface area (Å²) in [4.78, 5) is 5.09. The lowest BCUT2D eigenvalue weighted by atomic mass is 9.96. The SMILES string of the molecule is Brc1ccc2oc(-c3ccccc3)cc(=NC3CCCCC3)c2c1. The van der Waals surface area contributed by atoms with Crippen molar-refractivity contribution in [3.05, 3.63) is 64.4 Å². The molecular weight excluding hydrogens is 362 g/mol. The normalized spacial score (nSPS) is 16.6. The van der Waals surface area contributed by atoms with E-state index in [9.17, 15) is 0 Å². The van der Waals surface area contributed by atoms with Crippen LogP contribution in [-0.4, -0.2) is 6.04 Å². The highest BCUT2D eigenvalue weighted by Gasteiger charge is 2.13. The third-order valence-corrected chi connectivity index (χ3v) is 5.15. The van der Waals surface area contributed by atoms with Crippen molar-refractivity contribution in [3.63, 3.8) is 0 Å². The number of halogens is 1. The van der Waals surface area contributed by atoms with E-state index in [1.54, 1.807) is 0 Å². The average Bonchev–Trinajstić information content (AvgIpc) is 2.63. The van der Waals surface area contributed by atoms with E-state index in [0.717, 1.165) is 32.1 Å². The van der Waals surface area contributed by atoms with Gasteiger partial charge in [0.15, 0.2) is 0 Å². The van der Waals surface area contributed by atoms with E-state index in [0.29, 0.717) is 6.04 Å². The van der Waals surface area contributed by atoms with Gasteiger partial charge in [-0.15, -0.1) is 0 Å². The molecule has 3 aromatic rings. The van der Waals surface area contributed by atoms with E-state index in [2.05, 4.69) is 40.2 Å². The molecule has 0 radical (unpaired) electrons. The van der Waals surface area contributed by atoms with Gasteiger partial charge in [0.25, 0.3) is 0 Å². The zero-order valence-corrected chi connectivity index (χ0v) is 15.1. The third-order valence-electron chi connectivity index (χ3n) is 4.66. The first-order valence-electron chi connectivity index (χ1n) is 8.62. The van der Waals surface area contributed by atoms with Crippen molar-refractivity contribution in [2.75, 3.05) is 0 Å². The number of hydrogen-bond acceptors (Lipinski definition) is 2. The standard InChI is InChI=1S/C21H20BrNO/c22-16-11-12-20-18(13-16)19(23-17-9-5-2-6-10-17)14-21(24-20)15-7-3-1-4-8-15/h1,3-4,7-8,11-14,17H,2,5-6,9-10H2. The molecule has 3 heteroatoms. The number of rotatable bonds is 2. The van der Waals surface area contributed by atoms with Gasteiger partial charge in [0.2, 0.25) is 0 Å². The van der Waals surface area contributed by atoms with E-state index in [4.69, 9.17) is 9.41 Å². The Bertz CT molecular complexity index is 908. The molecule has 1 heterocycles. The number of fused-ring (bicyclic) bond motifs is 1. The van der Waals surface area contributed by atoms with Crippen molar-refractivity contribution in [1.29, 1.82) is 0 Å². The Labute approximate surface area is 150 Å². The zero-order chi connectivity index (χ0) is 16.4. The summed E-state index contributed by atoms with van der Waals surface area (Å²) in [5, 5.41) is 2.12. The molecule has 1 aliphatic carbocycles. The number of benzene rings is 2. The second-order valence-electron chi connectivity index (χ2n) is 6.42. The first-order chi connectivity index (χ1) is 11.8. The Morgan fingerprint density at radius 3 is 2.50 bits per heavy atom. The smallest absolute Gasteiger partial charge is 0.136 e. The molecule has 24 heavy (non-hydrogen) atoms. The van der Waals surface area contributed by atoms with Gasteiger partial charge in [-0.3, -0.25) is 4.99 Å². The molecule has 0 unspecified atom stereocenters.